The van der Waals surface area contributed by atoms with Crippen molar-refractivity contribution in [1.82, 2.24) is 4.68 Å². The first-order chi connectivity index (χ1) is 16.4. The molecular weight excluding hydrogens is 458 g/mol. The Bertz CT molecular complexity index is 1400. The third kappa shape index (κ3) is 2.97. The highest BCUT2D eigenvalue weighted by Crippen LogP contribution is 2.49. The number of rotatable bonds is 1. The minimum atomic E-state index is -0.896. The van der Waals surface area contributed by atoms with Crippen LogP contribution in [-0.2, 0) is 5.75 Å². The normalized spacial score (nSPS) is 20.6. The summed E-state index contributed by atoms with van der Waals surface area (Å²) >= 11 is 1.45. The van der Waals surface area contributed by atoms with E-state index in [-0.39, 0.29) is 22.8 Å². The topological polar surface area (TPSA) is 62.5 Å². The predicted molar refractivity (Wildman–Crippen MR) is 125 cm³/mol. The van der Waals surface area contributed by atoms with Gasteiger partial charge in [0.15, 0.2) is 28.9 Å². The van der Waals surface area contributed by atoms with E-state index in [9.17, 15) is 19.1 Å². The van der Waals surface area contributed by atoms with Crippen molar-refractivity contribution in [3.05, 3.63) is 92.9 Å². The second-order valence-electron chi connectivity index (χ2n) is 9.29. The predicted octanol–water partition coefficient (Wildman–Crippen LogP) is 4.92. The number of aromatic hydroxyl groups is 1. The van der Waals surface area contributed by atoms with Crippen LogP contribution in [0.4, 0.5) is 8.78 Å². The second-order valence-corrected chi connectivity index (χ2v) is 10.3. The van der Waals surface area contributed by atoms with Crippen LogP contribution in [-0.4, -0.2) is 22.1 Å². The average molecular weight is 481 g/mol. The Hall–Kier alpha value is -3.13. The lowest BCUT2D eigenvalue weighted by Gasteiger charge is -2.46. The van der Waals surface area contributed by atoms with Gasteiger partial charge in [-0.2, -0.15) is 0 Å². The number of halogens is 2. The van der Waals surface area contributed by atoms with E-state index >= 15 is 4.39 Å². The molecule has 1 aliphatic carbocycles. The third-order valence-corrected chi connectivity index (χ3v) is 8.58. The highest BCUT2D eigenvalue weighted by Gasteiger charge is 2.50. The van der Waals surface area contributed by atoms with Crippen molar-refractivity contribution in [2.75, 3.05) is 11.6 Å². The molecule has 0 saturated heterocycles. The number of nitrogens with zero attached hydrogens (tertiary/aromatic N) is 2. The summed E-state index contributed by atoms with van der Waals surface area (Å²) in [4.78, 5) is 26.9. The number of carbonyl (C=O) groups excluding carboxylic acids is 1. The van der Waals surface area contributed by atoms with Gasteiger partial charge in [-0.25, -0.2) is 8.78 Å². The molecule has 1 aromatic heterocycles. The van der Waals surface area contributed by atoms with E-state index in [1.54, 1.807) is 10.7 Å². The molecule has 3 aromatic rings. The maximum atomic E-state index is 15.0. The molecule has 0 radical (unpaired) electrons. The number of aromatic nitrogens is 1. The fraction of sp³-hybridized carbons (Fsp3) is 0.308. The molecular formula is C26H22F2N2O3S. The van der Waals surface area contributed by atoms with Gasteiger partial charge >= 0.3 is 0 Å². The number of benzene rings is 2. The van der Waals surface area contributed by atoms with Crippen molar-refractivity contribution in [2.45, 2.75) is 42.4 Å². The van der Waals surface area contributed by atoms with Crippen LogP contribution in [0, 0.1) is 17.0 Å². The Morgan fingerprint density at radius 3 is 2.56 bits per heavy atom. The Morgan fingerprint density at radius 1 is 1.00 bits per heavy atom. The van der Waals surface area contributed by atoms with Crippen LogP contribution in [0.1, 0.15) is 58.9 Å². The van der Waals surface area contributed by atoms with Crippen molar-refractivity contribution in [3.8, 4) is 5.75 Å². The standard InChI is InChI=1S/C26H22F2N2O3S/c27-18-8-7-15-17(21(18)28)13-34-20-6-2-1-5-16(20)22(15)30-14-26(10-3-4-11-26)25(33)23-24(32)19(31)9-12-29(23)30/h1-2,5-9,12,22,32H,3-4,10-11,13-14H2. The lowest BCUT2D eigenvalue weighted by atomic mass is 9.77. The number of hydrogen-bond donors (Lipinski definition) is 1. The lowest BCUT2D eigenvalue weighted by molar-refractivity contribution is 0.0741. The van der Waals surface area contributed by atoms with E-state index in [0.717, 1.165) is 29.4 Å². The lowest BCUT2D eigenvalue weighted by Crippen LogP contribution is -2.55. The summed E-state index contributed by atoms with van der Waals surface area (Å²) in [7, 11) is 0. The molecule has 174 valence electrons. The van der Waals surface area contributed by atoms with Crippen molar-refractivity contribution in [2.24, 2.45) is 5.41 Å². The molecule has 1 unspecified atom stereocenters. The Kier molecular flexibility index (Phi) is 4.85. The van der Waals surface area contributed by atoms with Gasteiger partial charge in [-0.15, -0.1) is 11.8 Å². The Balaban J connectivity index is 1.65. The molecule has 1 fully saturated rings. The van der Waals surface area contributed by atoms with Crippen LogP contribution < -0.4 is 10.4 Å². The van der Waals surface area contributed by atoms with Crippen LogP contribution in [0.5, 0.6) is 5.75 Å². The number of hydrogen-bond acceptors (Lipinski definition) is 5. The molecule has 34 heavy (non-hydrogen) atoms. The molecule has 0 amide bonds. The summed E-state index contributed by atoms with van der Waals surface area (Å²) in [5.41, 5.74) is 0.430. The number of thioether (sulfide) groups is 1. The van der Waals surface area contributed by atoms with Gasteiger partial charge < -0.3 is 5.11 Å². The van der Waals surface area contributed by atoms with Crippen molar-refractivity contribution >= 4 is 17.5 Å². The first-order valence-electron chi connectivity index (χ1n) is 11.4. The zero-order chi connectivity index (χ0) is 23.6. The highest BCUT2D eigenvalue weighted by molar-refractivity contribution is 7.98. The van der Waals surface area contributed by atoms with Crippen LogP contribution >= 0.6 is 11.8 Å². The first kappa shape index (κ1) is 21.4. The van der Waals surface area contributed by atoms with E-state index in [0.29, 0.717) is 24.9 Å². The van der Waals surface area contributed by atoms with E-state index in [1.165, 1.54) is 24.0 Å². The number of ketones is 1. The SMILES string of the molecule is O=C1c2c(O)c(=O)ccn2N(C2c3ccccc3SCc3c2ccc(F)c3F)CC12CCCC2. The smallest absolute Gasteiger partial charge is 0.224 e. The fourth-order valence-electron chi connectivity index (χ4n) is 5.79. The monoisotopic (exact) mass is 480 g/mol. The van der Waals surface area contributed by atoms with E-state index in [2.05, 4.69) is 0 Å². The van der Waals surface area contributed by atoms with Gasteiger partial charge in [0.1, 0.15) is 0 Å². The maximum Gasteiger partial charge on any atom is 0.224 e. The molecule has 8 heteroatoms. The highest BCUT2D eigenvalue weighted by atomic mass is 32.2. The molecule has 6 rings (SSSR count). The molecule has 1 atom stereocenters. The molecule has 1 N–H and O–H groups in total. The minimum Gasteiger partial charge on any atom is -0.503 e. The molecule has 0 bridgehead atoms. The molecule has 3 heterocycles. The Morgan fingerprint density at radius 2 is 1.76 bits per heavy atom. The van der Waals surface area contributed by atoms with Crippen LogP contribution in [0.2, 0.25) is 0 Å². The van der Waals surface area contributed by atoms with E-state index < -0.39 is 34.3 Å². The van der Waals surface area contributed by atoms with Gasteiger partial charge in [0, 0.05) is 35.0 Å². The van der Waals surface area contributed by atoms with Crippen LogP contribution in [0.3, 0.4) is 0 Å². The summed E-state index contributed by atoms with van der Waals surface area (Å²) in [6, 6.07) is 11.2. The van der Waals surface area contributed by atoms with Crippen molar-refractivity contribution < 1.29 is 18.7 Å². The van der Waals surface area contributed by atoms with Gasteiger partial charge in [0.2, 0.25) is 5.43 Å². The number of carbonyl (C=O) groups is 1. The third-order valence-electron chi connectivity index (χ3n) is 7.46. The quantitative estimate of drug-likeness (QED) is 0.536. The first-order valence-corrected chi connectivity index (χ1v) is 12.3. The van der Waals surface area contributed by atoms with Gasteiger partial charge in [-0.05, 0) is 36.1 Å². The van der Waals surface area contributed by atoms with Gasteiger partial charge in [-0.1, -0.05) is 37.1 Å². The summed E-state index contributed by atoms with van der Waals surface area (Å²) < 4.78 is 30.8. The summed E-state index contributed by atoms with van der Waals surface area (Å²) in [6.45, 7) is 0.350. The minimum absolute atomic E-state index is 0.0286. The molecule has 2 aromatic carbocycles. The Labute approximate surface area is 199 Å². The molecule has 1 spiro atoms. The van der Waals surface area contributed by atoms with Gasteiger partial charge in [-0.3, -0.25) is 19.3 Å². The zero-order valence-corrected chi connectivity index (χ0v) is 19.1. The largest absolute Gasteiger partial charge is 0.503 e. The zero-order valence-electron chi connectivity index (χ0n) is 18.3. The second kappa shape index (κ2) is 7.70. The number of fused-ring (bicyclic) bond motifs is 3. The van der Waals surface area contributed by atoms with Gasteiger partial charge in [0.05, 0.1) is 11.5 Å². The number of Topliss-reactive ketones (excluding diaryl/α,β-unsaturated/α-hetero) is 1. The van der Waals surface area contributed by atoms with Crippen molar-refractivity contribution in [3.63, 3.8) is 0 Å². The van der Waals surface area contributed by atoms with Gasteiger partial charge in [0.25, 0.3) is 0 Å². The van der Waals surface area contributed by atoms with E-state index in [4.69, 9.17) is 0 Å². The maximum absolute atomic E-state index is 15.0. The molecule has 3 aliphatic rings. The van der Waals surface area contributed by atoms with Crippen molar-refractivity contribution in [1.29, 1.82) is 0 Å². The van der Waals surface area contributed by atoms with E-state index in [1.807, 2.05) is 29.3 Å². The van der Waals surface area contributed by atoms with Crippen LogP contribution in [0.15, 0.2) is 58.4 Å². The fourth-order valence-corrected chi connectivity index (χ4v) is 6.91. The summed E-state index contributed by atoms with van der Waals surface area (Å²) in [6.07, 6.45) is 4.56. The average Bonchev–Trinajstić information content (AvgIpc) is 3.24. The molecule has 1 saturated carbocycles. The van der Waals surface area contributed by atoms with Crippen LogP contribution in [0.25, 0.3) is 0 Å². The molecule has 2 aliphatic heterocycles. The molecule has 5 nitrogen and oxygen atoms in total. The number of pyridine rings is 1. The summed E-state index contributed by atoms with van der Waals surface area (Å²) in [5, 5.41) is 12.7. The summed E-state index contributed by atoms with van der Waals surface area (Å²) in [5.74, 6) is -2.28.